The van der Waals surface area contributed by atoms with E-state index in [-0.39, 0.29) is 36.4 Å². The number of carbonyl (C=O) groups excluding carboxylic acids is 3. The van der Waals surface area contributed by atoms with E-state index < -0.39 is 53.9 Å². The maximum Gasteiger partial charge on any atom is 0.408 e. The number of aromatic nitrogens is 1. The summed E-state index contributed by atoms with van der Waals surface area (Å²) in [6.45, 7) is 9.05. The lowest BCUT2D eigenvalue weighted by Gasteiger charge is -2.35. The molecule has 2 unspecified atom stereocenters. The number of aldehydes is 1. The standard InChI is InChI=1S/C36H47F2N3O6/c1-7-22-27(18-42)41-17-29(22)46-32-30(19(2)23-12-11-21(45-6)16-26(23)39-32)36(37,38)13-9-8-10-24-25-14-20(25)15-28(24)47-34(44)40-31(33(41)43)35(3,4)5/h11-12,16,18,20,22,24-25,27-29,31H,7-10,13-15,17H2,1-6H3,(H,40,44)/t20?,22-,24+,25?,27+,28+,29-,31+/m0/s1. The third kappa shape index (κ3) is 6.26. The zero-order valence-corrected chi connectivity index (χ0v) is 28.2. The van der Waals surface area contributed by atoms with Crippen LogP contribution in [0.3, 0.4) is 0 Å². The van der Waals surface area contributed by atoms with E-state index in [9.17, 15) is 14.4 Å². The Labute approximate surface area is 275 Å². The minimum atomic E-state index is -3.25. The van der Waals surface area contributed by atoms with Crippen LogP contribution in [0, 0.1) is 36.0 Å². The van der Waals surface area contributed by atoms with E-state index in [1.54, 1.807) is 25.1 Å². The van der Waals surface area contributed by atoms with Crippen LogP contribution in [0.2, 0.25) is 0 Å². The summed E-state index contributed by atoms with van der Waals surface area (Å²) in [5, 5.41) is 3.42. The van der Waals surface area contributed by atoms with Crippen LogP contribution in [-0.4, -0.2) is 66.1 Å². The highest BCUT2D eigenvalue weighted by atomic mass is 19.3. The highest BCUT2D eigenvalue weighted by molar-refractivity contribution is 5.89. The molecule has 1 N–H and O–H groups in total. The molecule has 3 fully saturated rings. The van der Waals surface area contributed by atoms with Gasteiger partial charge in [0, 0.05) is 23.8 Å². The Bertz CT molecular complexity index is 1540. The molecular formula is C36H47F2N3O6. The Kier molecular flexibility index (Phi) is 8.89. The van der Waals surface area contributed by atoms with Crippen molar-refractivity contribution in [1.82, 2.24) is 15.2 Å². The van der Waals surface area contributed by atoms with Gasteiger partial charge in [0.25, 0.3) is 5.92 Å². The average Bonchev–Trinajstić information content (AvgIpc) is 3.56. The van der Waals surface area contributed by atoms with Crippen molar-refractivity contribution in [3.63, 3.8) is 0 Å². The number of halogens is 2. The summed E-state index contributed by atoms with van der Waals surface area (Å²) in [5.74, 6) is -2.82. The smallest absolute Gasteiger partial charge is 0.408 e. The van der Waals surface area contributed by atoms with Crippen molar-refractivity contribution in [3.8, 4) is 11.6 Å². The second-order valence-corrected chi connectivity index (χ2v) is 15.0. The van der Waals surface area contributed by atoms with Crippen LogP contribution in [0.1, 0.15) is 83.8 Å². The van der Waals surface area contributed by atoms with E-state index in [4.69, 9.17) is 14.2 Å². The molecule has 2 saturated carbocycles. The predicted molar refractivity (Wildman–Crippen MR) is 172 cm³/mol. The predicted octanol–water partition coefficient (Wildman–Crippen LogP) is 6.57. The number of carbonyl (C=O) groups is 3. The number of rotatable bonds is 3. The summed E-state index contributed by atoms with van der Waals surface area (Å²) < 4.78 is 50.6. The Balaban J connectivity index is 1.44. The number of hydrogen-bond acceptors (Lipinski definition) is 7. The van der Waals surface area contributed by atoms with Gasteiger partial charge in [0.2, 0.25) is 11.8 Å². The Hall–Kier alpha value is -3.50. The molecule has 9 nitrogen and oxygen atoms in total. The van der Waals surface area contributed by atoms with E-state index >= 15 is 8.78 Å². The minimum absolute atomic E-state index is 0.0278. The van der Waals surface area contributed by atoms with Crippen molar-refractivity contribution >= 4 is 29.2 Å². The molecule has 0 spiro atoms. The zero-order chi connectivity index (χ0) is 33.8. The Morgan fingerprint density at radius 3 is 2.57 bits per heavy atom. The molecule has 256 valence electrons. The lowest BCUT2D eigenvalue weighted by Crippen LogP contribution is -2.56. The summed E-state index contributed by atoms with van der Waals surface area (Å²) in [6, 6.07) is 3.28. The molecule has 1 aromatic heterocycles. The molecule has 4 aliphatic rings. The lowest BCUT2D eigenvalue weighted by molar-refractivity contribution is -0.139. The summed E-state index contributed by atoms with van der Waals surface area (Å²) in [7, 11) is 1.53. The summed E-state index contributed by atoms with van der Waals surface area (Å²) in [4.78, 5) is 46.2. The average molecular weight is 656 g/mol. The largest absolute Gasteiger partial charge is 0.497 e. The van der Waals surface area contributed by atoms with Gasteiger partial charge >= 0.3 is 6.09 Å². The first kappa shape index (κ1) is 33.4. The second-order valence-electron chi connectivity index (χ2n) is 15.0. The van der Waals surface area contributed by atoms with Gasteiger partial charge in [-0.25, -0.2) is 18.6 Å². The van der Waals surface area contributed by atoms with Crippen LogP contribution in [0.15, 0.2) is 18.2 Å². The van der Waals surface area contributed by atoms with Crippen LogP contribution in [-0.2, 0) is 20.2 Å². The number of alkyl halides is 2. The quantitative estimate of drug-likeness (QED) is 0.373. The number of ether oxygens (including phenoxy) is 3. The van der Waals surface area contributed by atoms with Crippen molar-refractivity contribution in [2.75, 3.05) is 13.7 Å². The minimum Gasteiger partial charge on any atom is -0.497 e. The fraction of sp³-hybridized carbons (Fsp3) is 0.667. The molecule has 11 heteroatoms. The first-order valence-electron chi connectivity index (χ1n) is 17.0. The summed E-state index contributed by atoms with van der Waals surface area (Å²) >= 11 is 0. The first-order chi connectivity index (χ1) is 22.3. The first-order valence-corrected chi connectivity index (χ1v) is 17.0. The number of methoxy groups -OCH3 is 1. The maximum atomic E-state index is 16.4. The summed E-state index contributed by atoms with van der Waals surface area (Å²) in [6.07, 6.45) is 2.35. The normalized spacial score (nSPS) is 32.6. The van der Waals surface area contributed by atoms with Gasteiger partial charge in [0.15, 0.2) is 0 Å². The molecule has 3 heterocycles. The zero-order valence-electron chi connectivity index (χ0n) is 28.2. The highest BCUT2D eigenvalue weighted by Gasteiger charge is 2.55. The highest BCUT2D eigenvalue weighted by Crippen LogP contribution is 2.58. The third-order valence-corrected chi connectivity index (χ3v) is 11.0. The molecule has 2 aliphatic carbocycles. The van der Waals surface area contributed by atoms with Crippen LogP contribution in [0.4, 0.5) is 13.6 Å². The molecular weight excluding hydrogens is 608 g/mol. The van der Waals surface area contributed by atoms with E-state index in [1.807, 2.05) is 27.7 Å². The van der Waals surface area contributed by atoms with Crippen LogP contribution >= 0.6 is 0 Å². The molecule has 2 aromatic rings. The monoisotopic (exact) mass is 655 g/mol. The molecule has 2 amide bonds. The number of benzene rings is 1. The van der Waals surface area contributed by atoms with Gasteiger partial charge in [-0.2, -0.15) is 0 Å². The number of nitrogens with zero attached hydrogens (tertiary/aromatic N) is 2. The fourth-order valence-corrected chi connectivity index (χ4v) is 8.42. The molecule has 6 rings (SSSR count). The third-order valence-electron chi connectivity index (χ3n) is 11.0. The van der Waals surface area contributed by atoms with Gasteiger partial charge in [0.1, 0.15) is 30.3 Å². The molecule has 2 aliphatic heterocycles. The van der Waals surface area contributed by atoms with Crippen LogP contribution in [0.25, 0.3) is 10.9 Å². The van der Waals surface area contributed by atoms with Gasteiger partial charge < -0.3 is 29.2 Å². The number of fused-ring (bicyclic) bond motifs is 7. The SMILES string of the molecule is CC[C@@H]1[C@@H]2CN(C(=O)[C@H](C(C)(C)C)NC(=O)O[C@@H]3CC4CC4[C@H]3CCCCC(F)(F)c3c(nc4cc(OC)ccc4c3C)O2)[C@@H]1C=O. The van der Waals surface area contributed by atoms with Gasteiger partial charge in [-0.15, -0.1) is 0 Å². The molecule has 1 aromatic carbocycles. The lowest BCUT2D eigenvalue weighted by atomic mass is 9.85. The van der Waals surface area contributed by atoms with E-state index in [2.05, 4.69) is 10.3 Å². The number of aryl methyl sites for hydroxylation is 1. The van der Waals surface area contributed by atoms with E-state index in [0.717, 1.165) is 12.8 Å². The second kappa shape index (κ2) is 12.5. The van der Waals surface area contributed by atoms with Crippen molar-refractivity contribution in [2.24, 2.45) is 29.1 Å². The number of hydrogen-bond donors (Lipinski definition) is 1. The van der Waals surface area contributed by atoms with E-state index in [0.29, 0.717) is 59.6 Å². The molecule has 0 radical (unpaired) electrons. The van der Waals surface area contributed by atoms with Gasteiger partial charge in [0.05, 0.1) is 30.8 Å². The Morgan fingerprint density at radius 2 is 1.89 bits per heavy atom. The molecule has 2 bridgehead atoms. The molecule has 8 atom stereocenters. The van der Waals surface area contributed by atoms with Crippen molar-refractivity contribution in [3.05, 3.63) is 29.3 Å². The maximum absolute atomic E-state index is 16.4. The number of amides is 2. The van der Waals surface area contributed by atoms with Crippen LogP contribution < -0.4 is 14.8 Å². The number of nitrogens with one attached hydrogen (secondary N) is 1. The van der Waals surface area contributed by atoms with Crippen molar-refractivity contribution in [1.29, 1.82) is 0 Å². The van der Waals surface area contributed by atoms with Gasteiger partial charge in [-0.1, -0.05) is 34.1 Å². The number of pyridine rings is 1. The van der Waals surface area contributed by atoms with Crippen molar-refractivity contribution in [2.45, 2.75) is 110 Å². The molecule has 1 saturated heterocycles. The van der Waals surface area contributed by atoms with Gasteiger partial charge in [-0.3, -0.25) is 4.79 Å². The van der Waals surface area contributed by atoms with E-state index in [1.165, 1.54) is 12.0 Å². The number of alkyl carbamates (subject to hydrolysis) is 1. The summed E-state index contributed by atoms with van der Waals surface area (Å²) in [5.41, 5.74) is -0.152. The van der Waals surface area contributed by atoms with Crippen molar-refractivity contribution < 1.29 is 37.4 Å². The van der Waals surface area contributed by atoms with Crippen LogP contribution in [0.5, 0.6) is 11.6 Å². The fourth-order valence-electron chi connectivity index (χ4n) is 8.42. The van der Waals surface area contributed by atoms with Gasteiger partial charge in [-0.05, 0) is 79.9 Å². The molecule has 47 heavy (non-hydrogen) atoms. The Morgan fingerprint density at radius 1 is 1.13 bits per heavy atom. The topological polar surface area (TPSA) is 107 Å².